The Morgan fingerprint density at radius 2 is 2.00 bits per heavy atom. The van der Waals surface area contributed by atoms with Crippen LogP contribution in [0.1, 0.15) is 25.8 Å². The van der Waals surface area contributed by atoms with Crippen molar-refractivity contribution in [1.82, 2.24) is 0 Å². The lowest BCUT2D eigenvalue weighted by molar-refractivity contribution is -0.121. The molecule has 86 valence electrons. The first kappa shape index (κ1) is 12.7. The molecule has 1 rings (SSSR count). The SMILES string of the molecule is C=CC(C)CC(Cc1ccccc1)C(C)=O. The van der Waals surface area contributed by atoms with Crippen LogP contribution in [0.25, 0.3) is 0 Å². The molecule has 0 spiro atoms. The summed E-state index contributed by atoms with van der Waals surface area (Å²) in [6.45, 7) is 7.56. The molecule has 2 unspecified atom stereocenters. The summed E-state index contributed by atoms with van der Waals surface area (Å²) in [7, 11) is 0. The van der Waals surface area contributed by atoms with Crippen LogP contribution in [0.5, 0.6) is 0 Å². The van der Waals surface area contributed by atoms with Crippen LogP contribution in [0.4, 0.5) is 0 Å². The average molecular weight is 216 g/mol. The van der Waals surface area contributed by atoms with Crippen LogP contribution in [0.2, 0.25) is 0 Å². The Kier molecular flexibility index (Phi) is 4.97. The summed E-state index contributed by atoms with van der Waals surface area (Å²) in [6, 6.07) is 10.2. The summed E-state index contributed by atoms with van der Waals surface area (Å²) < 4.78 is 0. The fraction of sp³-hybridized carbons (Fsp3) is 0.400. The van der Waals surface area contributed by atoms with E-state index in [1.165, 1.54) is 5.56 Å². The Balaban J connectivity index is 2.65. The number of hydrogen-bond acceptors (Lipinski definition) is 1. The largest absolute Gasteiger partial charge is 0.300 e. The van der Waals surface area contributed by atoms with Crippen LogP contribution < -0.4 is 0 Å². The normalized spacial score (nSPS) is 14.1. The van der Waals surface area contributed by atoms with E-state index in [1.807, 2.05) is 24.3 Å². The van der Waals surface area contributed by atoms with Gasteiger partial charge in [-0.25, -0.2) is 0 Å². The lowest BCUT2D eigenvalue weighted by Gasteiger charge is -2.16. The van der Waals surface area contributed by atoms with Crippen LogP contribution >= 0.6 is 0 Å². The van der Waals surface area contributed by atoms with Crippen molar-refractivity contribution in [1.29, 1.82) is 0 Å². The molecule has 0 aliphatic carbocycles. The lowest BCUT2D eigenvalue weighted by atomic mass is 9.88. The molecule has 0 heterocycles. The third-order valence-corrected chi connectivity index (χ3v) is 2.96. The highest BCUT2D eigenvalue weighted by Gasteiger charge is 2.16. The minimum Gasteiger partial charge on any atom is -0.300 e. The highest BCUT2D eigenvalue weighted by Crippen LogP contribution is 2.19. The highest BCUT2D eigenvalue weighted by atomic mass is 16.1. The quantitative estimate of drug-likeness (QED) is 0.663. The number of benzene rings is 1. The molecule has 2 atom stereocenters. The fourth-order valence-corrected chi connectivity index (χ4v) is 1.84. The van der Waals surface area contributed by atoms with Gasteiger partial charge < -0.3 is 0 Å². The summed E-state index contributed by atoms with van der Waals surface area (Å²) in [6.07, 6.45) is 3.66. The van der Waals surface area contributed by atoms with Crippen LogP contribution in [0.15, 0.2) is 43.0 Å². The van der Waals surface area contributed by atoms with Crippen molar-refractivity contribution < 1.29 is 4.79 Å². The first-order valence-electron chi connectivity index (χ1n) is 5.80. The number of carbonyl (C=O) groups is 1. The smallest absolute Gasteiger partial charge is 0.133 e. The van der Waals surface area contributed by atoms with E-state index in [-0.39, 0.29) is 11.7 Å². The molecule has 16 heavy (non-hydrogen) atoms. The Morgan fingerprint density at radius 1 is 1.38 bits per heavy atom. The first-order chi connectivity index (χ1) is 7.63. The zero-order chi connectivity index (χ0) is 12.0. The third-order valence-electron chi connectivity index (χ3n) is 2.96. The second kappa shape index (κ2) is 6.26. The van der Waals surface area contributed by atoms with Crippen LogP contribution in [0, 0.1) is 11.8 Å². The minimum atomic E-state index is 0.121. The van der Waals surface area contributed by atoms with Gasteiger partial charge in [0.1, 0.15) is 5.78 Å². The van der Waals surface area contributed by atoms with Gasteiger partial charge in [0.15, 0.2) is 0 Å². The van der Waals surface area contributed by atoms with Gasteiger partial charge in [0.25, 0.3) is 0 Å². The number of ketones is 1. The van der Waals surface area contributed by atoms with E-state index in [1.54, 1.807) is 6.92 Å². The molecule has 0 fully saturated rings. The average Bonchev–Trinajstić information content (AvgIpc) is 2.29. The van der Waals surface area contributed by atoms with Crippen molar-refractivity contribution in [3.63, 3.8) is 0 Å². The van der Waals surface area contributed by atoms with Gasteiger partial charge in [-0.3, -0.25) is 4.79 Å². The van der Waals surface area contributed by atoms with Crippen molar-refractivity contribution in [2.75, 3.05) is 0 Å². The summed E-state index contributed by atoms with van der Waals surface area (Å²) in [5, 5.41) is 0. The summed E-state index contributed by atoms with van der Waals surface area (Å²) in [5.74, 6) is 0.797. The molecule has 0 bridgehead atoms. The van der Waals surface area contributed by atoms with Gasteiger partial charge in [-0.05, 0) is 31.2 Å². The Morgan fingerprint density at radius 3 is 2.50 bits per heavy atom. The predicted octanol–water partition coefficient (Wildman–Crippen LogP) is 3.65. The van der Waals surface area contributed by atoms with Gasteiger partial charge in [-0.15, -0.1) is 6.58 Å². The predicted molar refractivity (Wildman–Crippen MR) is 68.3 cm³/mol. The molecule has 0 amide bonds. The van der Waals surface area contributed by atoms with Crippen LogP contribution in [-0.2, 0) is 11.2 Å². The van der Waals surface area contributed by atoms with Crippen molar-refractivity contribution in [2.45, 2.75) is 26.7 Å². The lowest BCUT2D eigenvalue weighted by Crippen LogP contribution is -2.16. The molecule has 0 aliphatic rings. The highest BCUT2D eigenvalue weighted by molar-refractivity contribution is 5.78. The van der Waals surface area contributed by atoms with E-state index in [0.717, 1.165) is 12.8 Å². The number of rotatable bonds is 6. The topological polar surface area (TPSA) is 17.1 Å². The van der Waals surface area contributed by atoms with Crippen molar-refractivity contribution in [2.24, 2.45) is 11.8 Å². The number of carbonyl (C=O) groups excluding carboxylic acids is 1. The molecule has 0 radical (unpaired) electrons. The standard InChI is InChI=1S/C15H20O/c1-4-12(2)10-15(13(3)16)11-14-8-6-5-7-9-14/h4-9,12,15H,1,10-11H2,2-3H3. The van der Waals surface area contributed by atoms with E-state index < -0.39 is 0 Å². The molecule has 1 aromatic carbocycles. The van der Waals surface area contributed by atoms with Gasteiger partial charge in [0.05, 0.1) is 0 Å². The van der Waals surface area contributed by atoms with Gasteiger partial charge in [-0.1, -0.05) is 43.3 Å². The molecule has 1 heteroatoms. The molecule has 0 N–H and O–H groups in total. The molecular formula is C15H20O. The zero-order valence-electron chi connectivity index (χ0n) is 10.1. The summed E-state index contributed by atoms with van der Waals surface area (Å²) >= 11 is 0. The van der Waals surface area contributed by atoms with Crippen LogP contribution in [-0.4, -0.2) is 5.78 Å². The van der Waals surface area contributed by atoms with Gasteiger partial charge in [0, 0.05) is 5.92 Å². The van der Waals surface area contributed by atoms with E-state index in [0.29, 0.717) is 5.92 Å². The third kappa shape index (κ3) is 4.01. The van der Waals surface area contributed by atoms with E-state index in [2.05, 4.69) is 25.6 Å². The maximum atomic E-state index is 11.6. The molecule has 1 aromatic rings. The van der Waals surface area contributed by atoms with Crippen molar-refractivity contribution >= 4 is 5.78 Å². The molecule has 0 aliphatic heterocycles. The summed E-state index contributed by atoms with van der Waals surface area (Å²) in [4.78, 5) is 11.6. The Labute approximate surface area is 98.2 Å². The number of hydrogen-bond donors (Lipinski definition) is 0. The Bertz CT molecular complexity index is 340. The Hall–Kier alpha value is -1.37. The maximum absolute atomic E-state index is 11.6. The summed E-state index contributed by atoms with van der Waals surface area (Å²) in [5.41, 5.74) is 1.24. The zero-order valence-corrected chi connectivity index (χ0v) is 10.1. The van der Waals surface area contributed by atoms with Crippen molar-refractivity contribution in [3.05, 3.63) is 48.6 Å². The van der Waals surface area contributed by atoms with Crippen molar-refractivity contribution in [3.8, 4) is 0 Å². The minimum absolute atomic E-state index is 0.121. The fourth-order valence-electron chi connectivity index (χ4n) is 1.84. The van der Waals surface area contributed by atoms with Gasteiger partial charge in [0.2, 0.25) is 0 Å². The van der Waals surface area contributed by atoms with Crippen LogP contribution in [0.3, 0.4) is 0 Å². The van der Waals surface area contributed by atoms with Gasteiger partial charge in [-0.2, -0.15) is 0 Å². The second-order valence-corrected chi connectivity index (χ2v) is 4.45. The molecule has 1 nitrogen and oxygen atoms in total. The number of allylic oxidation sites excluding steroid dienone is 1. The second-order valence-electron chi connectivity index (χ2n) is 4.45. The van der Waals surface area contributed by atoms with E-state index in [9.17, 15) is 4.79 Å². The molecule has 0 aromatic heterocycles. The maximum Gasteiger partial charge on any atom is 0.133 e. The monoisotopic (exact) mass is 216 g/mol. The molecule has 0 saturated heterocycles. The molecule has 0 saturated carbocycles. The molecular weight excluding hydrogens is 196 g/mol. The van der Waals surface area contributed by atoms with Gasteiger partial charge >= 0.3 is 0 Å². The van der Waals surface area contributed by atoms with E-state index >= 15 is 0 Å². The number of Topliss-reactive ketones (excluding diaryl/α,β-unsaturated/α-hetero) is 1. The first-order valence-corrected chi connectivity index (χ1v) is 5.80. The van der Waals surface area contributed by atoms with E-state index in [4.69, 9.17) is 0 Å².